The average molecular weight is 230 g/mol. The van der Waals surface area contributed by atoms with Crippen LogP contribution in [0.4, 0.5) is 0 Å². The van der Waals surface area contributed by atoms with Gasteiger partial charge < -0.3 is 10.1 Å². The molecule has 1 aromatic carbocycles. The summed E-state index contributed by atoms with van der Waals surface area (Å²) in [4.78, 5) is 0. The van der Waals surface area contributed by atoms with E-state index in [1.165, 1.54) is 6.42 Å². The van der Waals surface area contributed by atoms with Crippen molar-refractivity contribution in [2.24, 2.45) is 5.41 Å². The van der Waals surface area contributed by atoms with Crippen molar-refractivity contribution in [3.63, 3.8) is 0 Å². The molecule has 2 rings (SSSR count). The summed E-state index contributed by atoms with van der Waals surface area (Å²) in [5.41, 5.74) is 1.03. The second-order valence-electron chi connectivity index (χ2n) is 4.66. The molecule has 0 aliphatic heterocycles. The van der Waals surface area contributed by atoms with Crippen molar-refractivity contribution in [1.29, 1.82) is 5.26 Å². The number of methoxy groups -OCH3 is 1. The number of hydrogen-bond donors (Lipinski definition) is 1. The molecule has 0 amide bonds. The largest absolute Gasteiger partial charge is 0.496 e. The summed E-state index contributed by atoms with van der Waals surface area (Å²) in [6.07, 6.45) is 3.24. The fourth-order valence-corrected chi connectivity index (χ4v) is 2.22. The predicted molar refractivity (Wildman–Crippen MR) is 66.6 cm³/mol. The van der Waals surface area contributed by atoms with Gasteiger partial charge in [-0.2, -0.15) is 5.26 Å². The number of nitriles is 1. The minimum atomic E-state index is -0.109. The molecule has 3 nitrogen and oxygen atoms in total. The minimum absolute atomic E-state index is 0.109. The Labute approximate surface area is 102 Å². The van der Waals surface area contributed by atoms with Crippen LogP contribution in [0.5, 0.6) is 5.75 Å². The van der Waals surface area contributed by atoms with Crippen molar-refractivity contribution in [1.82, 2.24) is 5.32 Å². The minimum Gasteiger partial charge on any atom is -0.496 e. The highest BCUT2D eigenvalue weighted by Gasteiger charge is 2.36. The van der Waals surface area contributed by atoms with Crippen molar-refractivity contribution in [2.75, 3.05) is 13.7 Å². The molecule has 90 valence electrons. The van der Waals surface area contributed by atoms with E-state index in [0.717, 1.165) is 37.2 Å². The quantitative estimate of drug-likeness (QED) is 0.845. The molecule has 1 aliphatic rings. The summed E-state index contributed by atoms with van der Waals surface area (Å²) >= 11 is 0. The van der Waals surface area contributed by atoms with Crippen molar-refractivity contribution in [3.05, 3.63) is 29.8 Å². The van der Waals surface area contributed by atoms with Gasteiger partial charge in [-0.05, 0) is 18.9 Å². The number of nitrogens with one attached hydrogen (secondary N) is 1. The van der Waals surface area contributed by atoms with E-state index in [4.69, 9.17) is 10.00 Å². The van der Waals surface area contributed by atoms with E-state index < -0.39 is 0 Å². The van der Waals surface area contributed by atoms with Gasteiger partial charge in [-0.15, -0.1) is 0 Å². The average Bonchev–Trinajstić information content (AvgIpc) is 2.33. The van der Waals surface area contributed by atoms with Crippen LogP contribution in [0.1, 0.15) is 24.8 Å². The molecule has 0 heterocycles. The van der Waals surface area contributed by atoms with E-state index in [9.17, 15) is 0 Å². The van der Waals surface area contributed by atoms with Crippen LogP contribution in [0.3, 0.4) is 0 Å². The molecule has 0 bridgehead atoms. The van der Waals surface area contributed by atoms with Crippen LogP contribution in [0.2, 0.25) is 0 Å². The zero-order chi connectivity index (χ0) is 12.1. The van der Waals surface area contributed by atoms with Gasteiger partial charge in [0.05, 0.1) is 18.6 Å². The van der Waals surface area contributed by atoms with Gasteiger partial charge in [0.25, 0.3) is 0 Å². The Kier molecular flexibility index (Phi) is 3.65. The van der Waals surface area contributed by atoms with Crippen LogP contribution in [0, 0.1) is 16.7 Å². The Bertz CT molecular complexity index is 418. The van der Waals surface area contributed by atoms with E-state index >= 15 is 0 Å². The fraction of sp³-hybridized carbons (Fsp3) is 0.500. The Morgan fingerprint density at radius 2 is 2.18 bits per heavy atom. The lowest BCUT2D eigenvalue weighted by Crippen LogP contribution is -2.38. The molecule has 17 heavy (non-hydrogen) atoms. The van der Waals surface area contributed by atoms with Gasteiger partial charge in [-0.1, -0.05) is 24.6 Å². The van der Waals surface area contributed by atoms with Gasteiger partial charge in [0, 0.05) is 18.7 Å². The van der Waals surface area contributed by atoms with E-state index in [-0.39, 0.29) is 5.41 Å². The molecule has 1 aromatic rings. The van der Waals surface area contributed by atoms with E-state index in [1.807, 2.05) is 24.3 Å². The molecule has 0 radical (unpaired) electrons. The molecule has 1 fully saturated rings. The van der Waals surface area contributed by atoms with Gasteiger partial charge in [0.2, 0.25) is 0 Å². The molecular weight excluding hydrogens is 212 g/mol. The van der Waals surface area contributed by atoms with E-state index in [2.05, 4.69) is 11.4 Å². The second-order valence-corrected chi connectivity index (χ2v) is 4.66. The molecule has 0 saturated heterocycles. The Hall–Kier alpha value is -1.53. The highest BCUT2D eigenvalue weighted by Crippen LogP contribution is 2.39. The first-order valence-corrected chi connectivity index (χ1v) is 6.03. The molecule has 0 aromatic heterocycles. The normalized spacial score (nSPS) is 16.9. The zero-order valence-corrected chi connectivity index (χ0v) is 10.2. The first kappa shape index (κ1) is 11.9. The summed E-state index contributed by atoms with van der Waals surface area (Å²) in [6, 6.07) is 10.4. The maximum Gasteiger partial charge on any atom is 0.123 e. The summed E-state index contributed by atoms with van der Waals surface area (Å²) in [7, 11) is 1.68. The van der Waals surface area contributed by atoms with Crippen LogP contribution >= 0.6 is 0 Å². The summed E-state index contributed by atoms with van der Waals surface area (Å²) in [5.74, 6) is 0.902. The smallest absolute Gasteiger partial charge is 0.123 e. The lowest BCUT2D eigenvalue weighted by Gasteiger charge is -2.35. The lowest BCUT2D eigenvalue weighted by molar-refractivity contribution is 0.206. The van der Waals surface area contributed by atoms with E-state index in [0.29, 0.717) is 0 Å². The Morgan fingerprint density at radius 3 is 2.76 bits per heavy atom. The topological polar surface area (TPSA) is 45.0 Å². The van der Waals surface area contributed by atoms with Crippen LogP contribution in [0.15, 0.2) is 24.3 Å². The Balaban J connectivity index is 1.88. The van der Waals surface area contributed by atoms with Gasteiger partial charge in [-0.3, -0.25) is 0 Å². The summed E-state index contributed by atoms with van der Waals surface area (Å²) in [5, 5.41) is 12.5. The van der Waals surface area contributed by atoms with E-state index in [1.54, 1.807) is 7.11 Å². The molecule has 0 unspecified atom stereocenters. The van der Waals surface area contributed by atoms with Crippen molar-refractivity contribution < 1.29 is 4.74 Å². The van der Waals surface area contributed by atoms with Crippen molar-refractivity contribution in [3.8, 4) is 11.8 Å². The zero-order valence-electron chi connectivity index (χ0n) is 10.2. The highest BCUT2D eigenvalue weighted by molar-refractivity contribution is 5.33. The predicted octanol–water partition coefficient (Wildman–Crippen LogP) is 2.48. The molecule has 0 spiro atoms. The first-order chi connectivity index (χ1) is 8.29. The fourth-order valence-electron chi connectivity index (χ4n) is 2.22. The van der Waals surface area contributed by atoms with Gasteiger partial charge in [0.15, 0.2) is 0 Å². The third-order valence-corrected chi connectivity index (χ3v) is 3.52. The van der Waals surface area contributed by atoms with Gasteiger partial charge in [-0.25, -0.2) is 0 Å². The highest BCUT2D eigenvalue weighted by atomic mass is 16.5. The molecular formula is C14H18N2O. The number of rotatable bonds is 5. The maximum atomic E-state index is 9.12. The number of hydrogen-bond acceptors (Lipinski definition) is 3. The standard InChI is InChI=1S/C14H18N2O/c1-17-13-6-3-2-5-12(13)9-16-11-14(10-15)7-4-8-14/h2-3,5-6,16H,4,7-9,11H2,1H3. The van der Waals surface area contributed by atoms with Crippen molar-refractivity contribution >= 4 is 0 Å². The van der Waals surface area contributed by atoms with Gasteiger partial charge in [0.1, 0.15) is 5.75 Å². The SMILES string of the molecule is COc1ccccc1CNCC1(C#N)CCC1. The molecule has 0 atom stereocenters. The lowest BCUT2D eigenvalue weighted by atomic mass is 9.70. The Morgan fingerprint density at radius 1 is 1.41 bits per heavy atom. The second kappa shape index (κ2) is 5.20. The molecule has 1 saturated carbocycles. The maximum absolute atomic E-state index is 9.12. The van der Waals surface area contributed by atoms with Crippen LogP contribution in [0.25, 0.3) is 0 Å². The molecule has 1 N–H and O–H groups in total. The first-order valence-electron chi connectivity index (χ1n) is 6.03. The van der Waals surface area contributed by atoms with Crippen molar-refractivity contribution in [2.45, 2.75) is 25.8 Å². The van der Waals surface area contributed by atoms with Crippen LogP contribution < -0.4 is 10.1 Å². The monoisotopic (exact) mass is 230 g/mol. The van der Waals surface area contributed by atoms with Gasteiger partial charge >= 0.3 is 0 Å². The molecule has 1 aliphatic carbocycles. The van der Waals surface area contributed by atoms with Crippen LogP contribution in [-0.4, -0.2) is 13.7 Å². The number of ether oxygens (including phenoxy) is 1. The van der Waals surface area contributed by atoms with Crippen LogP contribution in [-0.2, 0) is 6.54 Å². The number of benzene rings is 1. The number of nitrogens with zero attached hydrogens (tertiary/aromatic N) is 1. The number of para-hydroxylation sites is 1. The summed E-state index contributed by atoms with van der Waals surface area (Å²) < 4.78 is 5.29. The third kappa shape index (κ3) is 2.59. The summed E-state index contributed by atoms with van der Waals surface area (Å²) in [6.45, 7) is 1.54. The third-order valence-electron chi connectivity index (χ3n) is 3.52. The molecule has 3 heteroatoms.